The third kappa shape index (κ3) is 3.62. The number of carbonyl (C=O) groups is 1. The number of hydrogen-bond acceptors (Lipinski definition) is 6. The molecule has 2 aliphatic rings. The molecule has 0 aliphatic carbocycles. The summed E-state index contributed by atoms with van der Waals surface area (Å²) < 4.78 is 19.8. The van der Waals surface area contributed by atoms with E-state index in [0.29, 0.717) is 17.8 Å². The van der Waals surface area contributed by atoms with Crippen LogP contribution in [-0.4, -0.2) is 48.1 Å². The number of pyridine rings is 1. The number of ether oxygens (including phenoxy) is 1. The number of piperazine rings is 1. The average Bonchev–Trinajstić information content (AvgIpc) is 2.70. The molecule has 4 rings (SSSR count). The molecule has 1 fully saturated rings. The summed E-state index contributed by atoms with van der Waals surface area (Å²) in [5.41, 5.74) is 1.72. The fourth-order valence-electron chi connectivity index (χ4n) is 3.45. The first-order valence-electron chi connectivity index (χ1n) is 9.17. The fourth-order valence-corrected chi connectivity index (χ4v) is 3.45. The standard InChI is InChI=1S/C20H20FN5O2/c1-13-20(27)24-17-9-15(8-16(21)19(17)28-13)12-25-4-6-26(7-5-25)18-3-2-14(10-22)11-23-18/h2-3,8-9,11,13H,4-7,12H2,1H3,(H,24,27). The Labute approximate surface area is 162 Å². The van der Waals surface area contributed by atoms with Crippen LogP contribution in [0, 0.1) is 17.1 Å². The van der Waals surface area contributed by atoms with Crippen LogP contribution in [0.3, 0.4) is 0 Å². The quantitative estimate of drug-likeness (QED) is 0.877. The number of nitriles is 1. The van der Waals surface area contributed by atoms with Gasteiger partial charge in [0.1, 0.15) is 11.9 Å². The first kappa shape index (κ1) is 18.2. The summed E-state index contributed by atoms with van der Waals surface area (Å²) in [6.07, 6.45) is 0.881. The minimum atomic E-state index is -0.697. The molecule has 0 bridgehead atoms. The molecule has 2 aromatic rings. The zero-order chi connectivity index (χ0) is 19.7. The molecule has 3 heterocycles. The highest BCUT2D eigenvalue weighted by molar-refractivity contribution is 5.97. The second kappa shape index (κ2) is 7.44. The molecule has 0 radical (unpaired) electrons. The molecule has 7 nitrogen and oxygen atoms in total. The highest BCUT2D eigenvalue weighted by Crippen LogP contribution is 2.34. The normalized spacial score (nSPS) is 19.4. The smallest absolute Gasteiger partial charge is 0.265 e. The van der Waals surface area contributed by atoms with Crippen molar-refractivity contribution >= 4 is 17.4 Å². The zero-order valence-corrected chi connectivity index (χ0v) is 15.5. The molecule has 0 spiro atoms. The summed E-state index contributed by atoms with van der Waals surface area (Å²) in [7, 11) is 0. The highest BCUT2D eigenvalue weighted by atomic mass is 19.1. The van der Waals surface area contributed by atoms with Crippen molar-refractivity contribution in [3.63, 3.8) is 0 Å². The van der Waals surface area contributed by atoms with Crippen LogP contribution < -0.4 is 15.0 Å². The van der Waals surface area contributed by atoms with E-state index < -0.39 is 11.9 Å². The van der Waals surface area contributed by atoms with E-state index in [4.69, 9.17) is 10.00 Å². The minimum absolute atomic E-state index is 0.104. The molecular weight excluding hydrogens is 361 g/mol. The SMILES string of the molecule is CC1Oc2c(F)cc(CN3CCN(c4ccc(C#N)cn4)CC3)cc2NC1=O. The van der Waals surface area contributed by atoms with E-state index in [-0.39, 0.29) is 11.7 Å². The summed E-state index contributed by atoms with van der Waals surface area (Å²) in [6.45, 7) is 5.38. The van der Waals surface area contributed by atoms with Gasteiger partial charge in [-0.2, -0.15) is 5.26 Å². The van der Waals surface area contributed by atoms with E-state index in [1.165, 1.54) is 6.07 Å². The Morgan fingerprint density at radius 3 is 2.79 bits per heavy atom. The van der Waals surface area contributed by atoms with Crippen molar-refractivity contribution in [1.82, 2.24) is 9.88 Å². The summed E-state index contributed by atoms with van der Waals surface area (Å²) >= 11 is 0. The van der Waals surface area contributed by atoms with Gasteiger partial charge in [0.25, 0.3) is 5.91 Å². The lowest BCUT2D eigenvalue weighted by molar-refractivity contribution is -0.122. The van der Waals surface area contributed by atoms with Crippen LogP contribution in [0.15, 0.2) is 30.5 Å². The van der Waals surface area contributed by atoms with Gasteiger partial charge in [-0.15, -0.1) is 0 Å². The lowest BCUT2D eigenvalue weighted by Gasteiger charge is -2.35. The van der Waals surface area contributed by atoms with Gasteiger partial charge in [-0.3, -0.25) is 9.69 Å². The molecule has 0 saturated carbocycles. The predicted molar refractivity (Wildman–Crippen MR) is 102 cm³/mol. The van der Waals surface area contributed by atoms with E-state index >= 15 is 0 Å². The van der Waals surface area contributed by atoms with E-state index in [1.807, 2.05) is 6.07 Å². The number of hydrogen-bond donors (Lipinski definition) is 1. The van der Waals surface area contributed by atoms with Crippen LogP contribution >= 0.6 is 0 Å². The largest absolute Gasteiger partial charge is 0.476 e. The van der Waals surface area contributed by atoms with Crippen LogP contribution in [0.25, 0.3) is 0 Å². The Bertz CT molecular complexity index is 933. The molecule has 28 heavy (non-hydrogen) atoms. The molecule has 1 saturated heterocycles. The van der Waals surface area contributed by atoms with Gasteiger partial charge >= 0.3 is 0 Å². The van der Waals surface area contributed by atoms with Gasteiger partial charge in [-0.1, -0.05) is 0 Å². The Morgan fingerprint density at radius 1 is 1.32 bits per heavy atom. The first-order valence-corrected chi connectivity index (χ1v) is 9.17. The number of carbonyl (C=O) groups excluding carboxylic acids is 1. The number of anilines is 2. The predicted octanol–water partition coefficient (Wildman–Crippen LogP) is 2.13. The van der Waals surface area contributed by atoms with Crippen LogP contribution in [-0.2, 0) is 11.3 Å². The Hall–Kier alpha value is -3.18. The molecule has 1 aromatic carbocycles. The maximum absolute atomic E-state index is 14.4. The molecule has 1 aromatic heterocycles. The van der Waals surface area contributed by atoms with Crippen molar-refractivity contribution in [2.24, 2.45) is 0 Å². The number of aromatic nitrogens is 1. The van der Waals surface area contributed by atoms with Crippen molar-refractivity contribution in [1.29, 1.82) is 5.26 Å². The van der Waals surface area contributed by atoms with Gasteiger partial charge in [0.15, 0.2) is 17.7 Å². The van der Waals surface area contributed by atoms with Crippen molar-refractivity contribution in [3.05, 3.63) is 47.4 Å². The Kier molecular flexibility index (Phi) is 4.84. The second-order valence-electron chi connectivity index (χ2n) is 6.98. The molecule has 1 unspecified atom stereocenters. The monoisotopic (exact) mass is 381 g/mol. The highest BCUT2D eigenvalue weighted by Gasteiger charge is 2.27. The van der Waals surface area contributed by atoms with Gasteiger partial charge in [-0.25, -0.2) is 9.37 Å². The Balaban J connectivity index is 1.40. The number of nitrogens with zero attached hydrogens (tertiary/aromatic N) is 4. The van der Waals surface area contributed by atoms with Gasteiger partial charge in [0.05, 0.1) is 11.3 Å². The molecule has 2 aliphatic heterocycles. The van der Waals surface area contributed by atoms with E-state index in [1.54, 1.807) is 25.3 Å². The van der Waals surface area contributed by atoms with Crippen molar-refractivity contribution in [3.8, 4) is 11.8 Å². The Morgan fingerprint density at radius 2 is 2.11 bits per heavy atom. The fraction of sp³-hybridized carbons (Fsp3) is 0.350. The third-order valence-corrected chi connectivity index (χ3v) is 5.00. The summed E-state index contributed by atoms with van der Waals surface area (Å²) in [6, 6.07) is 8.94. The van der Waals surface area contributed by atoms with E-state index in [9.17, 15) is 9.18 Å². The van der Waals surface area contributed by atoms with E-state index in [2.05, 4.69) is 26.2 Å². The number of fused-ring (bicyclic) bond motifs is 1. The van der Waals surface area contributed by atoms with Crippen LogP contribution in [0.2, 0.25) is 0 Å². The minimum Gasteiger partial charge on any atom is -0.476 e. The molecular formula is C20H20FN5O2. The van der Waals surface area contributed by atoms with Gasteiger partial charge in [-0.05, 0) is 36.8 Å². The van der Waals surface area contributed by atoms with Crippen molar-refractivity contribution in [2.45, 2.75) is 19.6 Å². The van der Waals surface area contributed by atoms with Gasteiger partial charge in [0, 0.05) is 38.9 Å². The summed E-state index contributed by atoms with van der Waals surface area (Å²) in [5.74, 6) is 0.229. The van der Waals surface area contributed by atoms with Gasteiger partial charge in [0.2, 0.25) is 0 Å². The third-order valence-electron chi connectivity index (χ3n) is 5.00. The maximum atomic E-state index is 14.4. The van der Waals surface area contributed by atoms with Crippen molar-refractivity contribution < 1.29 is 13.9 Å². The number of rotatable bonds is 3. The topological polar surface area (TPSA) is 81.5 Å². The molecule has 8 heteroatoms. The maximum Gasteiger partial charge on any atom is 0.265 e. The number of amides is 1. The summed E-state index contributed by atoms with van der Waals surface area (Å²) in [4.78, 5) is 20.5. The van der Waals surface area contributed by atoms with Crippen LogP contribution in [0.1, 0.15) is 18.1 Å². The molecule has 144 valence electrons. The lowest BCUT2D eigenvalue weighted by Crippen LogP contribution is -2.46. The molecule has 1 amide bonds. The van der Waals surface area contributed by atoms with E-state index in [0.717, 1.165) is 37.6 Å². The van der Waals surface area contributed by atoms with Crippen LogP contribution in [0.5, 0.6) is 5.75 Å². The second-order valence-corrected chi connectivity index (χ2v) is 6.98. The summed E-state index contributed by atoms with van der Waals surface area (Å²) in [5, 5.41) is 11.6. The first-order chi connectivity index (χ1) is 13.5. The number of nitrogens with one attached hydrogen (secondary N) is 1. The molecule has 1 N–H and O–H groups in total. The van der Waals surface area contributed by atoms with Crippen molar-refractivity contribution in [2.75, 3.05) is 36.4 Å². The molecule has 1 atom stereocenters. The van der Waals surface area contributed by atoms with Gasteiger partial charge < -0.3 is 15.0 Å². The number of halogens is 1. The number of benzene rings is 1. The van der Waals surface area contributed by atoms with Crippen LogP contribution in [0.4, 0.5) is 15.9 Å². The lowest BCUT2D eigenvalue weighted by atomic mass is 10.1. The zero-order valence-electron chi connectivity index (χ0n) is 15.5. The average molecular weight is 381 g/mol.